The van der Waals surface area contributed by atoms with E-state index in [1.165, 1.54) is 30.5 Å². The molecule has 1 saturated heterocycles. The van der Waals surface area contributed by atoms with Crippen molar-refractivity contribution >= 4 is 18.1 Å². The summed E-state index contributed by atoms with van der Waals surface area (Å²) in [5, 5.41) is 11.4. The number of H-pyrrole nitrogens is 1. The van der Waals surface area contributed by atoms with Gasteiger partial charge in [0.05, 0.1) is 17.5 Å². The normalized spacial score (nSPS) is 15.1. The van der Waals surface area contributed by atoms with Crippen molar-refractivity contribution in [2.75, 3.05) is 13.1 Å². The molecule has 32 heavy (non-hydrogen) atoms. The molecule has 1 fully saturated rings. The number of nitrogens with one attached hydrogen (secondary N) is 2. The van der Waals surface area contributed by atoms with Gasteiger partial charge in [-0.3, -0.25) is 4.79 Å². The third kappa shape index (κ3) is 3.89. The molecule has 0 amide bonds. The van der Waals surface area contributed by atoms with Gasteiger partial charge >= 0.3 is 6.18 Å². The van der Waals surface area contributed by atoms with Crippen molar-refractivity contribution in [3.63, 3.8) is 0 Å². The van der Waals surface area contributed by atoms with Crippen LogP contribution in [0, 0.1) is 0 Å². The predicted molar refractivity (Wildman–Crippen MR) is 112 cm³/mol. The zero-order chi connectivity index (χ0) is 21.6. The molecule has 168 valence electrons. The van der Waals surface area contributed by atoms with Gasteiger partial charge < -0.3 is 14.8 Å². The van der Waals surface area contributed by atoms with E-state index in [1.807, 2.05) is 0 Å². The summed E-state index contributed by atoms with van der Waals surface area (Å²) < 4.78 is 46.9. The molecule has 0 radical (unpaired) electrons. The first kappa shape index (κ1) is 22.0. The maximum absolute atomic E-state index is 13.3. The van der Waals surface area contributed by atoms with E-state index in [2.05, 4.69) is 25.5 Å². The number of rotatable bonds is 3. The molecular formula is C20H18ClF3N6O2. The molecule has 0 aliphatic carbocycles. The molecule has 0 saturated carbocycles. The Kier molecular flexibility index (Phi) is 5.78. The molecule has 1 aliphatic rings. The zero-order valence-electron chi connectivity index (χ0n) is 16.5. The molecule has 8 nitrogen and oxygen atoms in total. The lowest BCUT2D eigenvalue weighted by Gasteiger charge is -2.23. The van der Waals surface area contributed by atoms with Gasteiger partial charge in [0, 0.05) is 17.5 Å². The monoisotopic (exact) mass is 466 g/mol. The zero-order valence-corrected chi connectivity index (χ0v) is 17.3. The second kappa shape index (κ2) is 8.40. The van der Waals surface area contributed by atoms with Gasteiger partial charge in [-0.15, -0.1) is 12.4 Å². The fourth-order valence-electron chi connectivity index (χ4n) is 3.95. The van der Waals surface area contributed by atoms with Crippen LogP contribution in [0.1, 0.15) is 30.0 Å². The molecule has 0 bridgehead atoms. The third-order valence-corrected chi connectivity index (χ3v) is 5.42. The number of halogens is 4. The van der Waals surface area contributed by atoms with Crippen LogP contribution < -0.4 is 10.9 Å². The van der Waals surface area contributed by atoms with E-state index in [-0.39, 0.29) is 41.2 Å². The Morgan fingerprint density at radius 2 is 1.88 bits per heavy atom. The average Bonchev–Trinajstić information content (AvgIpc) is 3.40. The molecule has 5 rings (SSSR count). The maximum Gasteiger partial charge on any atom is 0.417 e. The van der Waals surface area contributed by atoms with Crippen LogP contribution in [0.25, 0.3) is 28.5 Å². The van der Waals surface area contributed by atoms with Crippen LogP contribution >= 0.6 is 12.4 Å². The fraction of sp³-hybridized carbons (Fsp3) is 0.300. The molecule has 1 aromatic carbocycles. The highest BCUT2D eigenvalue weighted by molar-refractivity contribution is 5.85. The Morgan fingerprint density at radius 3 is 2.62 bits per heavy atom. The van der Waals surface area contributed by atoms with E-state index in [9.17, 15) is 18.0 Å². The van der Waals surface area contributed by atoms with Crippen molar-refractivity contribution in [1.29, 1.82) is 0 Å². The van der Waals surface area contributed by atoms with Gasteiger partial charge in [0.1, 0.15) is 11.2 Å². The lowest BCUT2D eigenvalue weighted by Crippen LogP contribution is -2.28. The molecular weight excluding hydrogens is 449 g/mol. The van der Waals surface area contributed by atoms with Crippen molar-refractivity contribution in [3.05, 3.63) is 58.1 Å². The molecule has 4 aromatic rings. The van der Waals surface area contributed by atoms with E-state index in [0.29, 0.717) is 11.2 Å². The fourth-order valence-corrected chi connectivity index (χ4v) is 3.95. The van der Waals surface area contributed by atoms with Gasteiger partial charge in [0.15, 0.2) is 0 Å². The van der Waals surface area contributed by atoms with E-state index in [1.54, 1.807) is 4.52 Å². The quantitative estimate of drug-likeness (QED) is 0.478. The first-order valence-electron chi connectivity index (χ1n) is 9.74. The van der Waals surface area contributed by atoms with Crippen LogP contribution in [0.5, 0.6) is 0 Å². The molecule has 4 heterocycles. The standard InChI is InChI=1S/C20H17F3N6O2.ClH/c21-20(22,23)14-4-2-1-3-12(14)17-27-19(31-28-17)13-10-25-29-15(9-16(30)26-18(13)29)11-5-7-24-8-6-11;/h1-4,9-11,24H,5-8H2,(H,26,30);1H. The molecule has 3 aromatic heterocycles. The highest BCUT2D eigenvalue weighted by Crippen LogP contribution is 2.36. The third-order valence-electron chi connectivity index (χ3n) is 5.42. The summed E-state index contributed by atoms with van der Waals surface area (Å²) in [7, 11) is 0. The number of benzene rings is 1. The molecule has 0 unspecified atom stereocenters. The Morgan fingerprint density at radius 1 is 1.12 bits per heavy atom. The largest absolute Gasteiger partial charge is 0.417 e. The topological polar surface area (TPSA) is 101 Å². The van der Waals surface area contributed by atoms with Crippen molar-refractivity contribution < 1.29 is 17.7 Å². The highest BCUT2D eigenvalue weighted by Gasteiger charge is 2.34. The Balaban J connectivity index is 0.00000245. The minimum absolute atomic E-state index is 0. The second-order valence-electron chi connectivity index (χ2n) is 7.37. The summed E-state index contributed by atoms with van der Waals surface area (Å²) in [5.74, 6) is -0.0603. The Hall–Kier alpha value is -3.18. The number of hydrogen-bond donors (Lipinski definition) is 2. The van der Waals surface area contributed by atoms with Gasteiger partial charge in [-0.05, 0) is 32.0 Å². The molecule has 2 N–H and O–H groups in total. The summed E-state index contributed by atoms with van der Waals surface area (Å²) in [6, 6.07) is 6.54. The second-order valence-corrected chi connectivity index (χ2v) is 7.37. The number of alkyl halides is 3. The van der Waals surface area contributed by atoms with Crippen LogP contribution in [0.15, 0.2) is 45.8 Å². The van der Waals surface area contributed by atoms with E-state index < -0.39 is 11.7 Å². The molecule has 0 spiro atoms. The first-order valence-corrected chi connectivity index (χ1v) is 9.74. The lowest BCUT2D eigenvalue weighted by atomic mass is 9.94. The van der Waals surface area contributed by atoms with E-state index in [0.717, 1.165) is 37.7 Å². The van der Waals surface area contributed by atoms with Gasteiger partial charge in [0.25, 0.3) is 11.4 Å². The number of aromatic nitrogens is 5. The summed E-state index contributed by atoms with van der Waals surface area (Å²) in [6.07, 6.45) is -1.36. The smallest absolute Gasteiger partial charge is 0.333 e. The Bertz CT molecular complexity index is 1310. The van der Waals surface area contributed by atoms with Crippen LogP contribution in [0.3, 0.4) is 0 Å². The van der Waals surface area contributed by atoms with E-state index >= 15 is 0 Å². The average molecular weight is 467 g/mol. The number of aromatic amines is 1. The molecule has 1 aliphatic heterocycles. The van der Waals surface area contributed by atoms with Crippen LogP contribution in [0.4, 0.5) is 13.2 Å². The first-order chi connectivity index (χ1) is 14.9. The van der Waals surface area contributed by atoms with Crippen molar-refractivity contribution in [3.8, 4) is 22.8 Å². The summed E-state index contributed by atoms with van der Waals surface area (Å²) in [4.78, 5) is 19.2. The molecule has 12 heteroatoms. The van der Waals surface area contributed by atoms with Gasteiger partial charge in [0.2, 0.25) is 5.82 Å². The van der Waals surface area contributed by atoms with Crippen molar-refractivity contribution in [1.82, 2.24) is 30.1 Å². The number of nitrogens with zero attached hydrogens (tertiary/aromatic N) is 4. The predicted octanol–water partition coefficient (Wildman–Crippen LogP) is 3.65. The van der Waals surface area contributed by atoms with Crippen LogP contribution in [-0.4, -0.2) is 37.8 Å². The summed E-state index contributed by atoms with van der Waals surface area (Å²) >= 11 is 0. The van der Waals surface area contributed by atoms with Crippen LogP contribution in [0.2, 0.25) is 0 Å². The van der Waals surface area contributed by atoms with Crippen LogP contribution in [-0.2, 0) is 6.18 Å². The minimum atomic E-state index is -4.56. The lowest BCUT2D eigenvalue weighted by molar-refractivity contribution is -0.137. The van der Waals surface area contributed by atoms with Gasteiger partial charge in [-0.1, -0.05) is 23.4 Å². The number of fused-ring (bicyclic) bond motifs is 1. The highest BCUT2D eigenvalue weighted by atomic mass is 35.5. The minimum Gasteiger partial charge on any atom is -0.333 e. The number of piperidine rings is 1. The maximum atomic E-state index is 13.3. The van der Waals surface area contributed by atoms with Gasteiger partial charge in [-0.25, -0.2) is 4.52 Å². The van der Waals surface area contributed by atoms with E-state index in [4.69, 9.17) is 4.52 Å². The van der Waals surface area contributed by atoms with Gasteiger partial charge in [-0.2, -0.15) is 23.3 Å². The summed E-state index contributed by atoms with van der Waals surface area (Å²) in [6.45, 7) is 1.69. The summed E-state index contributed by atoms with van der Waals surface area (Å²) in [5.41, 5.74) is 0.129. The molecule has 0 atom stereocenters. The van der Waals surface area contributed by atoms with Crippen molar-refractivity contribution in [2.24, 2.45) is 0 Å². The number of hydrogen-bond acceptors (Lipinski definition) is 6. The van der Waals surface area contributed by atoms with Crippen molar-refractivity contribution in [2.45, 2.75) is 24.9 Å². The Labute approximate surface area is 185 Å². The SMILES string of the molecule is Cl.O=c1cc(C2CCNCC2)n2ncc(-c3nc(-c4ccccc4C(F)(F)F)no3)c2[nH]1.